The highest BCUT2D eigenvalue weighted by Crippen LogP contribution is 2.22. The van der Waals surface area contributed by atoms with Crippen molar-refractivity contribution in [3.63, 3.8) is 0 Å². The molecule has 0 spiro atoms. The van der Waals surface area contributed by atoms with Crippen molar-refractivity contribution in [2.24, 2.45) is 5.73 Å². The van der Waals surface area contributed by atoms with Gasteiger partial charge in [-0.1, -0.05) is 24.1 Å². The number of anilines is 2. The van der Waals surface area contributed by atoms with Crippen LogP contribution in [0.5, 0.6) is 0 Å². The van der Waals surface area contributed by atoms with Gasteiger partial charge in [-0.3, -0.25) is 4.79 Å². The zero-order valence-electron chi connectivity index (χ0n) is 17.7. The van der Waals surface area contributed by atoms with Gasteiger partial charge in [-0.15, -0.1) is 0 Å². The summed E-state index contributed by atoms with van der Waals surface area (Å²) in [4.78, 5) is 20.3. The molecular weight excluding hydrogens is 426 g/mol. The quantitative estimate of drug-likeness (QED) is 0.507. The molecular formula is C23H23N5O3S. The molecule has 3 aromatic rings. The summed E-state index contributed by atoms with van der Waals surface area (Å²) in [5.41, 5.74) is 14.0. The number of nitrogens with one attached hydrogen (secondary N) is 1. The van der Waals surface area contributed by atoms with E-state index >= 15 is 0 Å². The van der Waals surface area contributed by atoms with Crippen LogP contribution in [0.1, 0.15) is 25.1 Å². The molecule has 1 aromatic heterocycles. The molecule has 5 N–H and O–H groups in total. The first kappa shape index (κ1) is 22.9. The number of amides is 1. The van der Waals surface area contributed by atoms with Crippen molar-refractivity contribution in [1.29, 1.82) is 0 Å². The van der Waals surface area contributed by atoms with Crippen molar-refractivity contribution in [3.8, 4) is 23.1 Å². The molecule has 1 amide bonds. The zero-order valence-corrected chi connectivity index (χ0v) is 18.5. The fourth-order valence-electron chi connectivity index (χ4n) is 2.74. The van der Waals surface area contributed by atoms with Gasteiger partial charge in [-0.05, 0) is 50.1 Å². The highest BCUT2D eigenvalue weighted by atomic mass is 32.2. The summed E-state index contributed by atoms with van der Waals surface area (Å²) in [7, 11) is -3.35. The number of rotatable bonds is 5. The molecule has 0 radical (unpaired) electrons. The third kappa shape index (κ3) is 5.29. The molecule has 164 valence electrons. The summed E-state index contributed by atoms with van der Waals surface area (Å²) < 4.78 is 24.6. The van der Waals surface area contributed by atoms with Crippen LogP contribution in [0, 0.1) is 11.8 Å². The summed E-state index contributed by atoms with van der Waals surface area (Å²) in [5.74, 6) is 5.73. The van der Waals surface area contributed by atoms with Crippen LogP contribution in [-0.2, 0) is 14.6 Å². The maximum Gasteiger partial charge on any atom is 0.238 e. The van der Waals surface area contributed by atoms with E-state index < -0.39 is 15.1 Å². The monoisotopic (exact) mass is 449 g/mol. The number of aromatic nitrogens is 2. The molecule has 0 bridgehead atoms. The van der Waals surface area contributed by atoms with Crippen LogP contribution in [0.4, 0.5) is 11.5 Å². The van der Waals surface area contributed by atoms with Gasteiger partial charge in [0.15, 0.2) is 21.3 Å². The largest absolute Gasteiger partial charge is 0.381 e. The van der Waals surface area contributed by atoms with Crippen LogP contribution in [0.25, 0.3) is 11.3 Å². The third-order valence-corrected chi connectivity index (χ3v) is 6.73. The van der Waals surface area contributed by atoms with E-state index in [1.54, 1.807) is 62.4 Å². The van der Waals surface area contributed by atoms with E-state index in [9.17, 15) is 13.2 Å². The Morgan fingerprint density at radius 1 is 1.12 bits per heavy atom. The molecule has 0 atom stereocenters. The Balaban J connectivity index is 1.88. The van der Waals surface area contributed by atoms with Crippen LogP contribution >= 0.6 is 0 Å². The standard InChI is InChI=1S/C23H23N5O3S/c1-15(2)32(30,31)19-9-7-17(8-10-19)21-14-26-23(25)20(28-21)11-6-16-4-3-5-18(12-16)27-22(29)13-24/h3-5,7-10,12,14-15H,13,24H2,1-2H3,(H2,25,26)(H,27,29). The molecule has 0 fully saturated rings. The summed E-state index contributed by atoms with van der Waals surface area (Å²) >= 11 is 0. The molecule has 32 heavy (non-hydrogen) atoms. The first-order valence-corrected chi connectivity index (χ1v) is 11.3. The van der Waals surface area contributed by atoms with Crippen LogP contribution < -0.4 is 16.8 Å². The fraction of sp³-hybridized carbons (Fsp3) is 0.174. The number of nitrogens with zero attached hydrogens (tertiary/aromatic N) is 2. The van der Waals surface area contributed by atoms with Gasteiger partial charge in [0, 0.05) is 16.8 Å². The lowest BCUT2D eigenvalue weighted by Crippen LogP contribution is -2.21. The Labute approximate surface area is 187 Å². The van der Waals surface area contributed by atoms with Gasteiger partial charge in [-0.25, -0.2) is 18.4 Å². The van der Waals surface area contributed by atoms with Gasteiger partial charge in [0.05, 0.1) is 28.6 Å². The number of nitrogen functional groups attached to an aromatic ring is 1. The van der Waals surface area contributed by atoms with Crippen molar-refractivity contribution in [3.05, 3.63) is 66.0 Å². The Bertz CT molecular complexity index is 1310. The lowest BCUT2D eigenvalue weighted by molar-refractivity contribution is -0.114. The first-order valence-electron chi connectivity index (χ1n) is 9.79. The van der Waals surface area contributed by atoms with Crippen molar-refractivity contribution in [2.75, 3.05) is 17.6 Å². The Kier molecular flexibility index (Phi) is 6.88. The molecule has 0 aliphatic carbocycles. The van der Waals surface area contributed by atoms with Crippen molar-refractivity contribution >= 4 is 27.2 Å². The molecule has 9 heteroatoms. The Hall–Kier alpha value is -3.74. The normalized spacial score (nSPS) is 11.0. The van der Waals surface area contributed by atoms with E-state index in [1.165, 1.54) is 6.20 Å². The number of nitrogens with two attached hydrogens (primary N) is 2. The third-order valence-electron chi connectivity index (χ3n) is 4.56. The molecule has 0 saturated carbocycles. The fourth-order valence-corrected chi connectivity index (χ4v) is 3.79. The molecule has 0 aliphatic heterocycles. The van der Waals surface area contributed by atoms with Gasteiger partial charge >= 0.3 is 0 Å². The minimum absolute atomic E-state index is 0.112. The molecule has 2 aromatic carbocycles. The predicted molar refractivity (Wildman–Crippen MR) is 124 cm³/mol. The minimum Gasteiger partial charge on any atom is -0.381 e. The average Bonchev–Trinajstić information content (AvgIpc) is 2.78. The number of benzene rings is 2. The smallest absolute Gasteiger partial charge is 0.238 e. The second kappa shape index (κ2) is 9.60. The molecule has 0 aliphatic rings. The summed E-state index contributed by atoms with van der Waals surface area (Å²) in [6.07, 6.45) is 1.51. The highest BCUT2D eigenvalue weighted by molar-refractivity contribution is 7.92. The Morgan fingerprint density at radius 2 is 1.84 bits per heavy atom. The maximum absolute atomic E-state index is 12.3. The van der Waals surface area contributed by atoms with Crippen LogP contribution in [-0.4, -0.2) is 36.1 Å². The molecule has 3 rings (SSSR count). The minimum atomic E-state index is -3.35. The molecule has 0 saturated heterocycles. The lowest BCUT2D eigenvalue weighted by atomic mass is 10.1. The summed E-state index contributed by atoms with van der Waals surface area (Å²) in [6, 6.07) is 13.4. The first-order chi connectivity index (χ1) is 15.2. The number of hydrogen-bond donors (Lipinski definition) is 3. The molecule has 1 heterocycles. The molecule has 8 nitrogen and oxygen atoms in total. The SMILES string of the molecule is CC(C)S(=O)(=O)c1ccc(-c2cnc(N)c(C#Cc3cccc(NC(=O)CN)c3)n2)cc1. The highest BCUT2D eigenvalue weighted by Gasteiger charge is 2.19. The van der Waals surface area contributed by atoms with Gasteiger partial charge < -0.3 is 16.8 Å². The number of carbonyl (C=O) groups is 1. The van der Waals surface area contributed by atoms with E-state index in [0.29, 0.717) is 22.5 Å². The van der Waals surface area contributed by atoms with Crippen molar-refractivity contribution in [1.82, 2.24) is 9.97 Å². The maximum atomic E-state index is 12.3. The number of hydrogen-bond acceptors (Lipinski definition) is 7. The molecule has 0 unspecified atom stereocenters. The van der Waals surface area contributed by atoms with Crippen molar-refractivity contribution < 1.29 is 13.2 Å². The van der Waals surface area contributed by atoms with E-state index in [-0.39, 0.29) is 28.9 Å². The van der Waals surface area contributed by atoms with Gasteiger partial charge in [0.1, 0.15) is 0 Å². The lowest BCUT2D eigenvalue weighted by Gasteiger charge is -2.09. The van der Waals surface area contributed by atoms with E-state index in [4.69, 9.17) is 11.5 Å². The number of sulfone groups is 1. The summed E-state index contributed by atoms with van der Waals surface area (Å²) in [6.45, 7) is 3.17. The van der Waals surface area contributed by atoms with Gasteiger partial charge in [-0.2, -0.15) is 0 Å². The van der Waals surface area contributed by atoms with Gasteiger partial charge in [0.25, 0.3) is 0 Å². The Morgan fingerprint density at radius 3 is 2.50 bits per heavy atom. The predicted octanol–water partition coefficient (Wildman–Crippen LogP) is 2.20. The zero-order chi connectivity index (χ0) is 23.3. The van der Waals surface area contributed by atoms with Gasteiger partial charge in [0.2, 0.25) is 5.91 Å². The number of carbonyl (C=O) groups excluding carboxylic acids is 1. The van der Waals surface area contributed by atoms with E-state index in [0.717, 1.165) is 0 Å². The van der Waals surface area contributed by atoms with Crippen LogP contribution in [0.15, 0.2) is 59.6 Å². The second-order valence-corrected chi connectivity index (χ2v) is 9.69. The topological polar surface area (TPSA) is 141 Å². The van der Waals surface area contributed by atoms with E-state index in [2.05, 4.69) is 27.1 Å². The van der Waals surface area contributed by atoms with Crippen LogP contribution in [0.3, 0.4) is 0 Å². The second-order valence-electron chi connectivity index (χ2n) is 7.19. The van der Waals surface area contributed by atoms with Crippen molar-refractivity contribution in [2.45, 2.75) is 24.0 Å². The van der Waals surface area contributed by atoms with E-state index in [1.807, 2.05) is 0 Å². The summed E-state index contributed by atoms with van der Waals surface area (Å²) in [5, 5.41) is 2.16. The van der Waals surface area contributed by atoms with Crippen LogP contribution in [0.2, 0.25) is 0 Å². The average molecular weight is 450 g/mol.